The summed E-state index contributed by atoms with van der Waals surface area (Å²) in [4.78, 5) is 11.4. The minimum atomic E-state index is -0.0917. The summed E-state index contributed by atoms with van der Waals surface area (Å²) in [5, 5.41) is 0. The van der Waals surface area contributed by atoms with Crippen LogP contribution in [0.25, 0.3) is 0 Å². The van der Waals surface area contributed by atoms with E-state index in [9.17, 15) is 4.79 Å². The van der Waals surface area contributed by atoms with Crippen molar-refractivity contribution >= 4 is 5.91 Å². The van der Waals surface area contributed by atoms with Crippen LogP contribution in [0.3, 0.4) is 0 Å². The number of rotatable bonds is 6. The number of hydrogen-bond donors (Lipinski definition) is 1. The van der Waals surface area contributed by atoms with Crippen molar-refractivity contribution < 1.29 is 4.79 Å². The van der Waals surface area contributed by atoms with E-state index in [0.29, 0.717) is 5.92 Å². The van der Waals surface area contributed by atoms with Gasteiger partial charge >= 0.3 is 0 Å². The van der Waals surface area contributed by atoms with Crippen molar-refractivity contribution in [3.8, 4) is 0 Å². The summed E-state index contributed by atoms with van der Waals surface area (Å²) in [5.41, 5.74) is 5.49. The molecule has 0 aromatic rings. The van der Waals surface area contributed by atoms with Crippen LogP contribution in [0, 0.1) is 11.8 Å². The summed E-state index contributed by atoms with van der Waals surface area (Å²) in [5.74, 6) is 0.581. The van der Waals surface area contributed by atoms with Gasteiger partial charge < -0.3 is 5.73 Å². The van der Waals surface area contributed by atoms with E-state index in [4.69, 9.17) is 5.73 Å². The van der Waals surface area contributed by atoms with Gasteiger partial charge in [-0.15, -0.1) is 6.58 Å². The number of allylic oxidation sites excluding steroid dienone is 1. The van der Waals surface area contributed by atoms with Gasteiger partial charge in [-0.3, -0.25) is 4.79 Å². The van der Waals surface area contributed by atoms with Gasteiger partial charge in [-0.05, 0) is 38.0 Å². The molecule has 1 fully saturated rings. The Morgan fingerprint density at radius 3 is 2.60 bits per heavy atom. The van der Waals surface area contributed by atoms with Gasteiger partial charge in [-0.2, -0.15) is 0 Å². The molecule has 0 radical (unpaired) electrons. The van der Waals surface area contributed by atoms with Crippen LogP contribution in [0.1, 0.15) is 51.4 Å². The van der Waals surface area contributed by atoms with Crippen LogP contribution in [-0.4, -0.2) is 5.91 Å². The fraction of sp³-hybridized carbons (Fsp3) is 0.769. The number of carbonyl (C=O) groups is 1. The molecule has 0 aromatic heterocycles. The summed E-state index contributed by atoms with van der Waals surface area (Å²) in [6.07, 6.45) is 11.2. The Balaban J connectivity index is 2.40. The Kier molecular flexibility index (Phi) is 5.44. The summed E-state index contributed by atoms with van der Waals surface area (Å²) >= 11 is 0. The highest BCUT2D eigenvalue weighted by Gasteiger charge is 2.26. The maximum atomic E-state index is 11.4. The normalized spacial score (nSPS) is 19.7. The molecule has 1 atom stereocenters. The molecule has 1 amide bonds. The number of primary amides is 1. The highest BCUT2D eigenvalue weighted by atomic mass is 16.1. The Morgan fingerprint density at radius 2 is 2.07 bits per heavy atom. The second kappa shape index (κ2) is 6.65. The molecular weight excluding hydrogens is 186 g/mol. The lowest BCUT2D eigenvalue weighted by atomic mass is 9.77. The van der Waals surface area contributed by atoms with E-state index >= 15 is 0 Å². The molecule has 15 heavy (non-hydrogen) atoms. The lowest BCUT2D eigenvalue weighted by Crippen LogP contribution is -2.31. The summed E-state index contributed by atoms with van der Waals surface area (Å²) in [7, 11) is 0. The first-order chi connectivity index (χ1) is 7.25. The fourth-order valence-electron chi connectivity index (χ4n) is 2.63. The van der Waals surface area contributed by atoms with Gasteiger partial charge in [0.15, 0.2) is 0 Å². The number of carbonyl (C=O) groups excluding carboxylic acids is 1. The first-order valence-corrected chi connectivity index (χ1v) is 6.16. The van der Waals surface area contributed by atoms with Gasteiger partial charge in [0.25, 0.3) is 0 Å². The number of nitrogens with two attached hydrogens (primary N) is 1. The molecule has 0 bridgehead atoms. The Bertz CT molecular complexity index is 207. The standard InChI is InChI=1S/C13H23NO/c1-2-3-5-10-12(13(14)15)11-8-6-4-7-9-11/h2,11-12H,1,3-10H2,(H2,14,15). The minimum Gasteiger partial charge on any atom is -0.369 e. The van der Waals surface area contributed by atoms with Crippen molar-refractivity contribution in [2.24, 2.45) is 17.6 Å². The summed E-state index contributed by atoms with van der Waals surface area (Å²) < 4.78 is 0. The molecule has 86 valence electrons. The van der Waals surface area contributed by atoms with Crippen LogP contribution in [0.2, 0.25) is 0 Å². The van der Waals surface area contributed by atoms with Crippen LogP contribution >= 0.6 is 0 Å². The average Bonchev–Trinajstić information content (AvgIpc) is 2.25. The topological polar surface area (TPSA) is 43.1 Å². The molecule has 0 aliphatic heterocycles. The lowest BCUT2D eigenvalue weighted by molar-refractivity contribution is -0.124. The second-order valence-corrected chi connectivity index (χ2v) is 4.63. The second-order valence-electron chi connectivity index (χ2n) is 4.63. The number of amides is 1. The number of unbranched alkanes of at least 4 members (excludes halogenated alkanes) is 1. The van der Waals surface area contributed by atoms with Gasteiger partial charge in [0, 0.05) is 5.92 Å². The van der Waals surface area contributed by atoms with E-state index in [0.717, 1.165) is 19.3 Å². The smallest absolute Gasteiger partial charge is 0.220 e. The van der Waals surface area contributed by atoms with Gasteiger partial charge in [0.1, 0.15) is 0 Å². The Hall–Kier alpha value is -0.790. The quantitative estimate of drug-likeness (QED) is 0.530. The molecule has 1 unspecified atom stereocenters. The van der Waals surface area contributed by atoms with Crippen LogP contribution in [-0.2, 0) is 4.79 Å². The monoisotopic (exact) mass is 209 g/mol. The van der Waals surface area contributed by atoms with Crippen molar-refractivity contribution in [1.29, 1.82) is 0 Å². The van der Waals surface area contributed by atoms with Crippen molar-refractivity contribution in [3.63, 3.8) is 0 Å². The Labute approximate surface area is 92.9 Å². The van der Waals surface area contributed by atoms with E-state index in [2.05, 4.69) is 6.58 Å². The summed E-state index contributed by atoms with van der Waals surface area (Å²) in [6.45, 7) is 3.70. The molecule has 1 saturated carbocycles. The van der Waals surface area contributed by atoms with E-state index < -0.39 is 0 Å². The maximum absolute atomic E-state index is 11.4. The maximum Gasteiger partial charge on any atom is 0.220 e. The molecule has 0 spiro atoms. The van der Waals surface area contributed by atoms with Crippen LogP contribution in [0.5, 0.6) is 0 Å². The van der Waals surface area contributed by atoms with E-state index in [-0.39, 0.29) is 11.8 Å². The molecule has 2 N–H and O–H groups in total. The third-order valence-electron chi connectivity index (χ3n) is 3.51. The SMILES string of the molecule is C=CCCCC(C(N)=O)C1CCCCC1. The zero-order valence-electron chi connectivity index (χ0n) is 9.58. The van der Waals surface area contributed by atoms with Crippen LogP contribution in [0.4, 0.5) is 0 Å². The predicted molar refractivity (Wildman–Crippen MR) is 63.3 cm³/mol. The molecule has 2 nitrogen and oxygen atoms in total. The number of hydrogen-bond acceptors (Lipinski definition) is 1. The molecule has 0 aromatic carbocycles. The van der Waals surface area contributed by atoms with Crippen LogP contribution < -0.4 is 5.73 Å². The van der Waals surface area contributed by atoms with Crippen molar-refractivity contribution in [2.45, 2.75) is 51.4 Å². The van der Waals surface area contributed by atoms with Gasteiger partial charge in [-0.25, -0.2) is 0 Å². The van der Waals surface area contributed by atoms with Crippen molar-refractivity contribution in [2.75, 3.05) is 0 Å². The Morgan fingerprint density at radius 1 is 1.40 bits per heavy atom. The molecule has 1 aliphatic carbocycles. The molecule has 2 heteroatoms. The largest absolute Gasteiger partial charge is 0.369 e. The van der Waals surface area contributed by atoms with Crippen LogP contribution in [0.15, 0.2) is 12.7 Å². The predicted octanol–water partition coefficient (Wildman–Crippen LogP) is 3.02. The third kappa shape index (κ3) is 4.06. The van der Waals surface area contributed by atoms with E-state index in [1.165, 1.54) is 32.1 Å². The van der Waals surface area contributed by atoms with Crippen molar-refractivity contribution in [1.82, 2.24) is 0 Å². The first-order valence-electron chi connectivity index (χ1n) is 6.16. The molecule has 1 aliphatic rings. The third-order valence-corrected chi connectivity index (χ3v) is 3.51. The van der Waals surface area contributed by atoms with Gasteiger partial charge in [0.2, 0.25) is 5.91 Å². The zero-order valence-corrected chi connectivity index (χ0v) is 9.58. The van der Waals surface area contributed by atoms with E-state index in [1.807, 2.05) is 6.08 Å². The fourth-order valence-corrected chi connectivity index (χ4v) is 2.63. The molecule has 0 saturated heterocycles. The average molecular weight is 209 g/mol. The minimum absolute atomic E-state index is 0.0917. The van der Waals surface area contributed by atoms with E-state index in [1.54, 1.807) is 0 Å². The molecule has 0 heterocycles. The molecular formula is C13H23NO. The molecule has 1 rings (SSSR count). The highest BCUT2D eigenvalue weighted by Crippen LogP contribution is 2.32. The zero-order chi connectivity index (χ0) is 11.1. The first kappa shape index (κ1) is 12.3. The van der Waals surface area contributed by atoms with Crippen molar-refractivity contribution in [3.05, 3.63) is 12.7 Å². The lowest BCUT2D eigenvalue weighted by Gasteiger charge is -2.28. The summed E-state index contributed by atoms with van der Waals surface area (Å²) in [6, 6.07) is 0. The van der Waals surface area contributed by atoms with Gasteiger partial charge in [0.05, 0.1) is 0 Å². The van der Waals surface area contributed by atoms with Gasteiger partial charge in [-0.1, -0.05) is 25.3 Å². The highest BCUT2D eigenvalue weighted by molar-refractivity contribution is 5.76.